The van der Waals surface area contributed by atoms with Crippen LogP contribution in [0.4, 0.5) is 11.8 Å². The van der Waals surface area contributed by atoms with Crippen molar-refractivity contribution in [2.45, 2.75) is 95.3 Å². The number of hydrogen-bond donors (Lipinski definition) is 7. The number of hydrazone groups is 1. The number of rotatable bonds is 22. The zero-order valence-corrected chi connectivity index (χ0v) is 33.9. The Morgan fingerprint density at radius 3 is 2.50 bits per heavy atom. The predicted octanol–water partition coefficient (Wildman–Crippen LogP) is 3.33. The van der Waals surface area contributed by atoms with E-state index in [0.717, 1.165) is 56.2 Å². The monoisotopic (exact) mass is 799 g/mol. The molecule has 16 nitrogen and oxygen atoms in total. The number of esters is 1. The molecule has 1 unspecified atom stereocenters. The SMILES string of the molecule is COC(=O)c1ccccc1CNC(=O)C(N)CCC(=O)N1CCC(Nc2nc(NCC(C=NCCCNCCCNC3CCCCC3)=NN)nc3ccccc23)CC1. The molecule has 2 amide bonds. The quantitative estimate of drug-likeness (QED) is 0.0256. The van der Waals surface area contributed by atoms with E-state index < -0.39 is 12.0 Å². The van der Waals surface area contributed by atoms with Crippen LogP contribution in [0, 0.1) is 0 Å². The Balaban J connectivity index is 1.01. The second-order valence-corrected chi connectivity index (χ2v) is 15.0. The van der Waals surface area contributed by atoms with Gasteiger partial charge in [-0.2, -0.15) is 10.1 Å². The highest BCUT2D eigenvalue weighted by atomic mass is 16.5. The molecule has 1 aliphatic carbocycles. The Labute approximate surface area is 341 Å². The number of methoxy groups -OCH3 is 1. The number of nitrogens with two attached hydrogens (primary N) is 2. The summed E-state index contributed by atoms with van der Waals surface area (Å²) in [5.41, 5.74) is 8.52. The Morgan fingerprint density at radius 1 is 0.948 bits per heavy atom. The molecule has 1 saturated heterocycles. The van der Waals surface area contributed by atoms with E-state index in [9.17, 15) is 14.4 Å². The molecule has 2 heterocycles. The molecule has 16 heteroatoms. The Kier molecular flexibility index (Phi) is 18.1. The highest BCUT2D eigenvalue weighted by molar-refractivity contribution is 6.32. The number of nitrogens with zero attached hydrogens (tertiary/aromatic N) is 5. The Morgan fingerprint density at radius 2 is 1.71 bits per heavy atom. The van der Waals surface area contributed by atoms with Gasteiger partial charge in [0.15, 0.2) is 0 Å². The van der Waals surface area contributed by atoms with E-state index in [1.807, 2.05) is 29.2 Å². The fourth-order valence-corrected chi connectivity index (χ4v) is 7.31. The molecule has 58 heavy (non-hydrogen) atoms. The van der Waals surface area contributed by atoms with Crippen LogP contribution in [0.25, 0.3) is 10.9 Å². The van der Waals surface area contributed by atoms with Crippen molar-refractivity contribution in [3.63, 3.8) is 0 Å². The van der Waals surface area contributed by atoms with E-state index in [2.05, 4.69) is 36.7 Å². The van der Waals surface area contributed by atoms with E-state index in [4.69, 9.17) is 26.3 Å². The molecular weight excluding hydrogens is 737 g/mol. The van der Waals surface area contributed by atoms with E-state index in [-0.39, 0.29) is 37.2 Å². The maximum atomic E-state index is 13.1. The first kappa shape index (κ1) is 43.9. The van der Waals surface area contributed by atoms with Crippen LogP contribution in [0.2, 0.25) is 0 Å². The van der Waals surface area contributed by atoms with Crippen molar-refractivity contribution < 1.29 is 19.1 Å². The number of aliphatic imine (C=N–C) groups is 1. The lowest BCUT2D eigenvalue weighted by Gasteiger charge is -2.33. The van der Waals surface area contributed by atoms with Gasteiger partial charge in [-0.3, -0.25) is 14.6 Å². The standard InChI is InChI=1S/C42H62N12O4/c1-58-41(57)34-14-6-5-11-30(34)27-48-40(56)36(43)17-18-38(55)54-25-19-32(20-26-54)50-39-35-15-7-8-16-37(35)51-42(52-39)49-29-33(53-44)28-46-23-9-21-45-22-10-24-47-31-12-3-2-4-13-31/h5-8,11,14-16,28,31-32,36,45,47H,2-4,9-10,12-13,17-27,29,43-44H2,1H3,(H,48,56)(H2,49,50,51,52). The van der Waals surface area contributed by atoms with Crippen LogP contribution in [0.1, 0.15) is 86.6 Å². The number of carbonyl (C=O) groups excluding carboxylic acids is 3. The molecule has 1 aromatic heterocycles. The van der Waals surface area contributed by atoms with Gasteiger partial charge in [0.2, 0.25) is 17.8 Å². The average Bonchev–Trinajstić information content (AvgIpc) is 3.26. The minimum Gasteiger partial charge on any atom is -0.465 e. The number of ether oxygens (including phenoxy) is 1. The molecule has 3 aromatic rings. The van der Waals surface area contributed by atoms with Gasteiger partial charge < -0.3 is 47.8 Å². The number of benzene rings is 2. The van der Waals surface area contributed by atoms with E-state index >= 15 is 0 Å². The number of fused-ring (bicyclic) bond motifs is 1. The Hall–Kier alpha value is -5.19. The summed E-state index contributed by atoms with van der Waals surface area (Å²) in [6.45, 7) is 5.25. The van der Waals surface area contributed by atoms with Crippen LogP contribution in [-0.2, 0) is 20.9 Å². The fraction of sp³-hybridized carbons (Fsp3) is 0.548. The van der Waals surface area contributed by atoms with Gasteiger partial charge in [-0.05, 0) is 88.3 Å². The molecule has 1 aliphatic heterocycles. The molecule has 2 aliphatic rings. The third kappa shape index (κ3) is 14.0. The summed E-state index contributed by atoms with van der Waals surface area (Å²) in [6.07, 6.45) is 12.3. The van der Waals surface area contributed by atoms with Crippen molar-refractivity contribution in [3.05, 3.63) is 59.7 Å². The van der Waals surface area contributed by atoms with Crippen LogP contribution < -0.4 is 38.2 Å². The summed E-state index contributed by atoms with van der Waals surface area (Å²) in [6, 6.07) is 14.7. The molecule has 9 N–H and O–H groups in total. The number of likely N-dealkylation sites (tertiary alicyclic amines) is 1. The summed E-state index contributed by atoms with van der Waals surface area (Å²) in [4.78, 5) is 53.7. The maximum absolute atomic E-state index is 13.1. The first-order valence-electron chi connectivity index (χ1n) is 20.8. The summed E-state index contributed by atoms with van der Waals surface area (Å²) in [5.74, 6) is 5.94. The van der Waals surface area contributed by atoms with Crippen molar-refractivity contribution in [2.75, 3.05) is 63.6 Å². The van der Waals surface area contributed by atoms with Gasteiger partial charge in [0.1, 0.15) is 5.82 Å². The third-order valence-corrected chi connectivity index (χ3v) is 10.7. The van der Waals surface area contributed by atoms with Gasteiger partial charge in [-0.15, -0.1) is 0 Å². The molecule has 0 spiro atoms. The fourth-order valence-electron chi connectivity index (χ4n) is 7.31. The number of nitrogens with one attached hydrogen (secondary N) is 5. The van der Waals surface area contributed by atoms with Crippen molar-refractivity contribution >= 4 is 52.4 Å². The minimum absolute atomic E-state index is 0.0395. The zero-order chi connectivity index (χ0) is 41.0. The number of para-hydroxylation sites is 1. The second-order valence-electron chi connectivity index (χ2n) is 15.0. The smallest absolute Gasteiger partial charge is 0.338 e. The molecule has 1 saturated carbocycles. The number of aromatic nitrogens is 2. The molecule has 314 valence electrons. The lowest BCUT2D eigenvalue weighted by molar-refractivity contribution is -0.132. The largest absolute Gasteiger partial charge is 0.465 e. The molecule has 1 atom stereocenters. The highest BCUT2D eigenvalue weighted by Crippen LogP contribution is 2.25. The van der Waals surface area contributed by atoms with Gasteiger partial charge in [-0.1, -0.05) is 49.6 Å². The van der Waals surface area contributed by atoms with Gasteiger partial charge in [0, 0.05) is 56.3 Å². The number of carbonyl (C=O) groups is 3. The molecule has 0 bridgehead atoms. The number of piperidine rings is 1. The summed E-state index contributed by atoms with van der Waals surface area (Å²) < 4.78 is 4.82. The van der Waals surface area contributed by atoms with Crippen LogP contribution in [0.15, 0.2) is 58.6 Å². The maximum Gasteiger partial charge on any atom is 0.338 e. The molecule has 5 rings (SSSR count). The topological polar surface area (TPSA) is 226 Å². The number of amides is 2. The molecule has 0 radical (unpaired) electrons. The van der Waals surface area contributed by atoms with Gasteiger partial charge >= 0.3 is 5.97 Å². The van der Waals surface area contributed by atoms with Crippen LogP contribution in [-0.4, -0.2) is 116 Å². The van der Waals surface area contributed by atoms with Gasteiger partial charge in [0.05, 0.1) is 36.5 Å². The van der Waals surface area contributed by atoms with Gasteiger partial charge in [0.25, 0.3) is 0 Å². The van der Waals surface area contributed by atoms with Crippen LogP contribution in [0.5, 0.6) is 0 Å². The minimum atomic E-state index is -0.859. The summed E-state index contributed by atoms with van der Waals surface area (Å²) >= 11 is 0. The lowest BCUT2D eigenvalue weighted by Crippen LogP contribution is -2.44. The molecule has 2 aromatic carbocycles. The van der Waals surface area contributed by atoms with Crippen LogP contribution in [0.3, 0.4) is 0 Å². The number of anilines is 2. The number of hydrogen-bond acceptors (Lipinski definition) is 14. The van der Waals surface area contributed by atoms with E-state index in [1.165, 1.54) is 39.2 Å². The highest BCUT2D eigenvalue weighted by Gasteiger charge is 2.25. The molecule has 2 fully saturated rings. The molecular formula is C42H62N12O4. The third-order valence-electron chi connectivity index (χ3n) is 10.7. The first-order valence-corrected chi connectivity index (χ1v) is 20.8. The van der Waals surface area contributed by atoms with Crippen molar-refractivity contribution in [1.29, 1.82) is 0 Å². The lowest BCUT2D eigenvalue weighted by atomic mass is 9.95. The van der Waals surface area contributed by atoms with E-state index in [0.29, 0.717) is 60.8 Å². The summed E-state index contributed by atoms with van der Waals surface area (Å²) in [5, 5.41) is 21.6. The predicted molar refractivity (Wildman–Crippen MR) is 230 cm³/mol. The first-order chi connectivity index (χ1) is 28.3. The van der Waals surface area contributed by atoms with E-state index in [1.54, 1.807) is 30.5 Å². The van der Waals surface area contributed by atoms with Crippen molar-refractivity contribution in [3.8, 4) is 0 Å². The van der Waals surface area contributed by atoms with Crippen molar-refractivity contribution in [1.82, 2.24) is 30.8 Å². The normalized spacial score (nSPS) is 16.0. The van der Waals surface area contributed by atoms with Crippen molar-refractivity contribution in [2.24, 2.45) is 21.7 Å². The summed E-state index contributed by atoms with van der Waals surface area (Å²) in [7, 11) is 1.31. The zero-order valence-electron chi connectivity index (χ0n) is 33.9. The van der Waals surface area contributed by atoms with Crippen LogP contribution >= 0.6 is 0 Å². The Bertz CT molecular complexity index is 1820. The average molecular weight is 799 g/mol. The van der Waals surface area contributed by atoms with Gasteiger partial charge in [-0.25, -0.2) is 9.78 Å². The second kappa shape index (κ2) is 23.9.